The number of hydrogen-bond donors (Lipinski definition) is 2. The number of barbiturate groups is 1. The highest BCUT2D eigenvalue weighted by Crippen LogP contribution is 2.33. The van der Waals surface area contributed by atoms with E-state index in [1.165, 1.54) is 12.1 Å². The Morgan fingerprint density at radius 3 is 2.38 bits per heavy atom. The lowest BCUT2D eigenvalue weighted by molar-refractivity contribution is -0.122. The molecule has 8 heteroatoms. The molecule has 1 heterocycles. The van der Waals surface area contributed by atoms with Gasteiger partial charge in [0.2, 0.25) is 0 Å². The van der Waals surface area contributed by atoms with Gasteiger partial charge in [0.15, 0.2) is 0 Å². The van der Waals surface area contributed by atoms with Gasteiger partial charge in [0, 0.05) is 10.6 Å². The van der Waals surface area contributed by atoms with Gasteiger partial charge in [-0.2, -0.15) is 0 Å². The van der Waals surface area contributed by atoms with Crippen molar-refractivity contribution in [2.45, 2.75) is 6.92 Å². The van der Waals surface area contributed by atoms with Crippen LogP contribution in [0.15, 0.2) is 42.0 Å². The van der Waals surface area contributed by atoms with E-state index in [0.29, 0.717) is 5.69 Å². The van der Waals surface area contributed by atoms with Crippen molar-refractivity contribution in [2.24, 2.45) is 0 Å². The largest absolute Gasteiger partial charge is 0.506 e. The van der Waals surface area contributed by atoms with Crippen molar-refractivity contribution < 1.29 is 19.5 Å². The van der Waals surface area contributed by atoms with Crippen LogP contribution < -0.4 is 10.2 Å². The Morgan fingerprint density at radius 1 is 1.08 bits per heavy atom. The van der Waals surface area contributed by atoms with E-state index < -0.39 is 17.8 Å². The molecular formula is C18H12Cl2N2O4. The van der Waals surface area contributed by atoms with Crippen LogP contribution in [0.3, 0.4) is 0 Å². The van der Waals surface area contributed by atoms with E-state index in [4.69, 9.17) is 23.2 Å². The second-order valence-electron chi connectivity index (χ2n) is 5.62. The molecule has 132 valence electrons. The van der Waals surface area contributed by atoms with Crippen molar-refractivity contribution in [1.82, 2.24) is 5.32 Å². The maximum absolute atomic E-state index is 12.7. The van der Waals surface area contributed by atoms with E-state index >= 15 is 0 Å². The smallest absolute Gasteiger partial charge is 0.335 e. The Labute approximate surface area is 158 Å². The molecule has 0 spiro atoms. The van der Waals surface area contributed by atoms with Gasteiger partial charge in [-0.05, 0) is 37.3 Å². The van der Waals surface area contributed by atoms with E-state index in [0.717, 1.165) is 16.5 Å². The molecular weight excluding hydrogens is 379 g/mol. The topological polar surface area (TPSA) is 86.7 Å². The highest BCUT2D eigenvalue weighted by atomic mass is 35.5. The van der Waals surface area contributed by atoms with Gasteiger partial charge in [-0.25, -0.2) is 9.69 Å². The molecule has 1 aliphatic heterocycles. The molecule has 1 saturated heterocycles. The monoisotopic (exact) mass is 390 g/mol. The Hall–Kier alpha value is -2.83. The molecule has 2 aromatic carbocycles. The van der Waals surface area contributed by atoms with Crippen LogP contribution in [-0.4, -0.2) is 23.0 Å². The molecule has 0 aromatic heterocycles. The Kier molecular flexibility index (Phi) is 4.71. The number of imide groups is 2. The van der Waals surface area contributed by atoms with Gasteiger partial charge in [-0.1, -0.05) is 40.9 Å². The zero-order chi connectivity index (χ0) is 19.0. The molecule has 0 atom stereocenters. The molecule has 2 N–H and O–H groups in total. The fraction of sp³-hybridized carbons (Fsp3) is 0.0556. The molecule has 2 aromatic rings. The number of nitrogens with zero attached hydrogens (tertiary/aromatic N) is 1. The number of phenolic OH excluding ortho intramolecular Hbond substituents is 1. The normalized spacial score (nSPS) is 16.2. The average molecular weight is 391 g/mol. The number of anilines is 1. The van der Waals surface area contributed by atoms with Crippen molar-refractivity contribution in [3.05, 3.63) is 63.1 Å². The lowest BCUT2D eigenvalue weighted by Gasteiger charge is -2.26. The number of carbonyl (C=O) groups excluding carboxylic acids is 3. The number of aryl methyl sites for hydroxylation is 1. The van der Waals surface area contributed by atoms with Crippen molar-refractivity contribution in [1.29, 1.82) is 0 Å². The predicted octanol–water partition coefficient (Wildman–Crippen LogP) is 3.67. The maximum atomic E-state index is 12.7. The molecule has 6 nitrogen and oxygen atoms in total. The summed E-state index contributed by atoms with van der Waals surface area (Å²) in [4.78, 5) is 37.9. The van der Waals surface area contributed by atoms with E-state index in [1.54, 1.807) is 24.3 Å². The van der Waals surface area contributed by atoms with Crippen molar-refractivity contribution >= 4 is 52.8 Å². The summed E-state index contributed by atoms with van der Waals surface area (Å²) in [5.41, 5.74) is 1.01. The number of rotatable bonds is 2. The van der Waals surface area contributed by atoms with Crippen LogP contribution in [0.5, 0.6) is 5.75 Å². The zero-order valence-corrected chi connectivity index (χ0v) is 14.9. The van der Waals surface area contributed by atoms with Crippen LogP contribution in [0.1, 0.15) is 11.1 Å². The number of amides is 4. The quantitative estimate of drug-likeness (QED) is 0.604. The van der Waals surface area contributed by atoms with Crippen LogP contribution in [0.2, 0.25) is 10.0 Å². The fourth-order valence-electron chi connectivity index (χ4n) is 2.44. The first kappa shape index (κ1) is 18.0. The third kappa shape index (κ3) is 3.29. The second-order valence-corrected chi connectivity index (χ2v) is 6.46. The lowest BCUT2D eigenvalue weighted by atomic mass is 10.1. The van der Waals surface area contributed by atoms with Crippen LogP contribution >= 0.6 is 23.2 Å². The van der Waals surface area contributed by atoms with Crippen LogP contribution in [0.4, 0.5) is 10.5 Å². The molecule has 0 unspecified atom stereocenters. The van der Waals surface area contributed by atoms with Crippen molar-refractivity contribution in [2.75, 3.05) is 4.90 Å². The van der Waals surface area contributed by atoms with Gasteiger partial charge in [-0.15, -0.1) is 0 Å². The summed E-state index contributed by atoms with van der Waals surface area (Å²) >= 11 is 11.8. The molecule has 4 amide bonds. The van der Waals surface area contributed by atoms with Crippen LogP contribution in [-0.2, 0) is 9.59 Å². The third-order valence-corrected chi connectivity index (χ3v) is 4.26. The predicted molar refractivity (Wildman–Crippen MR) is 98.3 cm³/mol. The molecule has 1 aliphatic rings. The molecule has 0 radical (unpaired) electrons. The minimum atomic E-state index is -0.876. The number of urea groups is 1. The van der Waals surface area contributed by atoms with Crippen LogP contribution in [0, 0.1) is 6.92 Å². The van der Waals surface area contributed by atoms with Gasteiger partial charge in [0.05, 0.1) is 10.7 Å². The highest BCUT2D eigenvalue weighted by Gasteiger charge is 2.37. The number of carbonyl (C=O) groups is 3. The highest BCUT2D eigenvalue weighted by molar-refractivity contribution is 6.39. The third-order valence-electron chi connectivity index (χ3n) is 3.75. The summed E-state index contributed by atoms with van der Waals surface area (Å²) in [6, 6.07) is 8.47. The Balaban J connectivity index is 2.07. The first-order chi connectivity index (χ1) is 12.3. The molecule has 0 saturated carbocycles. The number of halogens is 2. The minimum absolute atomic E-state index is 0.0283. The van der Waals surface area contributed by atoms with Gasteiger partial charge < -0.3 is 5.11 Å². The SMILES string of the molecule is Cc1ccc(N2C(=O)NC(=O)/C(=C\c3cc(Cl)cc(Cl)c3O)C2=O)cc1. The van der Waals surface area contributed by atoms with Gasteiger partial charge in [0.25, 0.3) is 11.8 Å². The molecule has 1 fully saturated rings. The first-order valence-electron chi connectivity index (χ1n) is 7.44. The van der Waals surface area contributed by atoms with Gasteiger partial charge >= 0.3 is 6.03 Å². The Morgan fingerprint density at radius 2 is 1.73 bits per heavy atom. The summed E-state index contributed by atoms with van der Waals surface area (Å²) in [6.07, 6.45) is 1.14. The number of nitrogens with one attached hydrogen (secondary N) is 1. The zero-order valence-electron chi connectivity index (χ0n) is 13.4. The minimum Gasteiger partial charge on any atom is -0.506 e. The van der Waals surface area contributed by atoms with Crippen molar-refractivity contribution in [3.63, 3.8) is 0 Å². The lowest BCUT2D eigenvalue weighted by Crippen LogP contribution is -2.54. The molecule has 0 bridgehead atoms. The van der Waals surface area contributed by atoms with E-state index in [1.807, 2.05) is 6.92 Å². The number of phenols is 1. The summed E-state index contributed by atoms with van der Waals surface area (Å²) in [5.74, 6) is -2.03. The first-order valence-corrected chi connectivity index (χ1v) is 8.19. The number of hydrogen-bond acceptors (Lipinski definition) is 4. The van der Waals surface area contributed by atoms with Gasteiger partial charge in [-0.3, -0.25) is 14.9 Å². The number of benzene rings is 2. The van der Waals surface area contributed by atoms with E-state index in [-0.39, 0.29) is 26.9 Å². The molecule has 26 heavy (non-hydrogen) atoms. The number of aromatic hydroxyl groups is 1. The Bertz CT molecular complexity index is 968. The molecule has 0 aliphatic carbocycles. The summed E-state index contributed by atoms with van der Waals surface area (Å²) < 4.78 is 0. The second kappa shape index (κ2) is 6.82. The summed E-state index contributed by atoms with van der Waals surface area (Å²) in [6.45, 7) is 1.86. The van der Waals surface area contributed by atoms with E-state index in [9.17, 15) is 19.5 Å². The average Bonchev–Trinajstić information content (AvgIpc) is 2.57. The fourth-order valence-corrected chi connectivity index (χ4v) is 2.95. The summed E-state index contributed by atoms with van der Waals surface area (Å²) in [5, 5.41) is 12.3. The molecule has 3 rings (SSSR count). The van der Waals surface area contributed by atoms with Crippen LogP contribution in [0.25, 0.3) is 6.08 Å². The maximum Gasteiger partial charge on any atom is 0.335 e. The summed E-state index contributed by atoms with van der Waals surface area (Å²) in [7, 11) is 0. The van der Waals surface area contributed by atoms with E-state index in [2.05, 4.69) is 5.32 Å². The standard InChI is InChI=1S/C18H12Cl2N2O4/c1-9-2-4-12(5-3-9)22-17(25)13(16(24)21-18(22)26)7-10-6-11(19)8-14(20)15(10)23/h2-8,23H,1H3,(H,21,24,26)/b13-7+. The van der Waals surface area contributed by atoms with Crippen molar-refractivity contribution in [3.8, 4) is 5.75 Å². The van der Waals surface area contributed by atoms with Gasteiger partial charge in [0.1, 0.15) is 11.3 Å².